The molecule has 0 bridgehead atoms. The average Bonchev–Trinajstić information content (AvgIpc) is 3.63. The zero-order valence-corrected chi connectivity index (χ0v) is 25.1. The molecule has 2 heteroatoms. The van der Waals surface area contributed by atoms with Crippen molar-refractivity contribution in [1.29, 1.82) is 0 Å². The van der Waals surface area contributed by atoms with Gasteiger partial charge in [0.1, 0.15) is 0 Å². The summed E-state index contributed by atoms with van der Waals surface area (Å²) in [6.45, 7) is 0. The molecular formula is C44H28N2. The first kappa shape index (κ1) is 25.2. The molecule has 214 valence electrons. The van der Waals surface area contributed by atoms with Gasteiger partial charge in [0, 0.05) is 33.5 Å². The van der Waals surface area contributed by atoms with Gasteiger partial charge in [-0.25, -0.2) is 0 Å². The summed E-state index contributed by atoms with van der Waals surface area (Å²) in [5, 5.41) is 7.72. The third-order valence-corrected chi connectivity index (χ3v) is 9.65. The molecule has 8 aromatic carbocycles. The molecule has 46 heavy (non-hydrogen) atoms. The molecule has 0 amide bonds. The minimum Gasteiger partial charge on any atom is -0.310 e. The lowest BCUT2D eigenvalue weighted by Crippen LogP contribution is -2.10. The number of benzene rings is 8. The Balaban J connectivity index is 1.22. The van der Waals surface area contributed by atoms with Gasteiger partial charge in [0.2, 0.25) is 0 Å². The highest BCUT2D eigenvalue weighted by Gasteiger charge is 2.25. The SMILES string of the molecule is c1ccc(N(c2ccc3c(c2)-c2c4ccccc4cc4cccc-3c24)c2ccc3c(c2)c2ccccc2n3-c2ccccc2)cc1. The predicted octanol–water partition coefficient (Wildman–Crippen LogP) is 12.2. The predicted molar refractivity (Wildman–Crippen MR) is 195 cm³/mol. The Kier molecular flexibility index (Phi) is 5.31. The van der Waals surface area contributed by atoms with Crippen LogP contribution in [0.25, 0.3) is 71.3 Å². The van der Waals surface area contributed by atoms with Gasteiger partial charge in [-0.3, -0.25) is 0 Å². The Morgan fingerprint density at radius 2 is 1.04 bits per heavy atom. The summed E-state index contributed by atoms with van der Waals surface area (Å²) in [5.41, 5.74) is 12.2. The minimum atomic E-state index is 1.13. The van der Waals surface area contributed by atoms with Crippen molar-refractivity contribution in [3.8, 4) is 27.9 Å². The number of fused-ring (bicyclic) bond motifs is 8. The lowest BCUT2D eigenvalue weighted by Gasteiger charge is -2.26. The maximum absolute atomic E-state index is 2.40. The molecule has 1 aliphatic rings. The molecule has 10 rings (SSSR count). The van der Waals surface area contributed by atoms with E-state index in [4.69, 9.17) is 0 Å². The molecule has 1 aliphatic carbocycles. The third kappa shape index (κ3) is 3.59. The first-order valence-corrected chi connectivity index (χ1v) is 15.9. The molecule has 0 spiro atoms. The Bertz CT molecular complexity index is 2630. The number of hydrogen-bond acceptors (Lipinski definition) is 1. The molecular weight excluding hydrogens is 556 g/mol. The molecule has 0 aliphatic heterocycles. The van der Waals surface area contributed by atoms with Crippen LogP contribution in [0.5, 0.6) is 0 Å². The van der Waals surface area contributed by atoms with Crippen molar-refractivity contribution < 1.29 is 0 Å². The van der Waals surface area contributed by atoms with Gasteiger partial charge < -0.3 is 9.47 Å². The number of hydrogen-bond donors (Lipinski definition) is 0. The molecule has 0 saturated heterocycles. The van der Waals surface area contributed by atoms with Crippen LogP contribution in [0.1, 0.15) is 0 Å². The van der Waals surface area contributed by atoms with Gasteiger partial charge in [-0.2, -0.15) is 0 Å². The monoisotopic (exact) mass is 584 g/mol. The highest BCUT2D eigenvalue weighted by atomic mass is 15.1. The summed E-state index contributed by atoms with van der Waals surface area (Å²) in [6, 6.07) is 61.9. The molecule has 1 aromatic heterocycles. The number of aromatic nitrogens is 1. The summed E-state index contributed by atoms with van der Waals surface area (Å²) in [7, 11) is 0. The van der Waals surface area contributed by atoms with Crippen LogP contribution in [-0.2, 0) is 0 Å². The Hall–Kier alpha value is -6.12. The van der Waals surface area contributed by atoms with E-state index >= 15 is 0 Å². The quantitative estimate of drug-likeness (QED) is 0.187. The van der Waals surface area contributed by atoms with E-state index in [0.717, 1.165) is 17.1 Å². The summed E-state index contributed by atoms with van der Waals surface area (Å²) < 4.78 is 2.37. The van der Waals surface area contributed by atoms with Crippen molar-refractivity contribution in [1.82, 2.24) is 4.57 Å². The molecule has 2 nitrogen and oxygen atoms in total. The van der Waals surface area contributed by atoms with Gasteiger partial charge >= 0.3 is 0 Å². The smallest absolute Gasteiger partial charge is 0.0542 e. The molecule has 0 saturated carbocycles. The van der Waals surface area contributed by atoms with Crippen LogP contribution in [-0.4, -0.2) is 4.57 Å². The maximum atomic E-state index is 2.40. The van der Waals surface area contributed by atoms with Crippen LogP contribution >= 0.6 is 0 Å². The first-order chi connectivity index (χ1) is 22.8. The number of nitrogens with zero attached hydrogens (tertiary/aromatic N) is 2. The van der Waals surface area contributed by atoms with Gasteiger partial charge in [-0.15, -0.1) is 0 Å². The lowest BCUT2D eigenvalue weighted by atomic mass is 9.95. The Morgan fingerprint density at radius 1 is 0.370 bits per heavy atom. The summed E-state index contributed by atoms with van der Waals surface area (Å²) >= 11 is 0. The standard InChI is InChI=1S/C44H28N2/c1-3-14-31(15-4-1)45(34-23-25-42-39(27-34)37-19-9-10-21-41(37)46(42)32-16-5-2-6-17-32)33-22-24-36-38-20-11-13-30-26-29-12-7-8-18-35(29)44(43(30)38)40(36)28-33/h1-28H. The van der Waals surface area contributed by atoms with Crippen LogP contribution < -0.4 is 4.90 Å². The van der Waals surface area contributed by atoms with Crippen molar-refractivity contribution in [2.45, 2.75) is 0 Å². The molecule has 9 aromatic rings. The normalized spacial score (nSPS) is 11.9. The van der Waals surface area contributed by atoms with Crippen LogP contribution in [0.2, 0.25) is 0 Å². The van der Waals surface area contributed by atoms with Gasteiger partial charge in [0.25, 0.3) is 0 Å². The largest absolute Gasteiger partial charge is 0.310 e. The fourth-order valence-electron chi connectivity index (χ4n) is 7.72. The summed E-state index contributed by atoms with van der Waals surface area (Å²) in [4.78, 5) is 2.40. The van der Waals surface area contributed by atoms with Crippen LogP contribution in [0.15, 0.2) is 170 Å². The summed E-state index contributed by atoms with van der Waals surface area (Å²) in [6.07, 6.45) is 0. The zero-order chi connectivity index (χ0) is 30.2. The Morgan fingerprint density at radius 3 is 1.91 bits per heavy atom. The van der Waals surface area contributed by atoms with E-state index in [1.165, 1.54) is 71.3 Å². The lowest BCUT2D eigenvalue weighted by molar-refractivity contribution is 1.18. The summed E-state index contributed by atoms with van der Waals surface area (Å²) in [5.74, 6) is 0. The first-order valence-electron chi connectivity index (χ1n) is 15.9. The van der Waals surface area contributed by atoms with E-state index < -0.39 is 0 Å². The van der Waals surface area contributed by atoms with E-state index in [-0.39, 0.29) is 0 Å². The van der Waals surface area contributed by atoms with E-state index in [1.807, 2.05) is 0 Å². The van der Waals surface area contributed by atoms with Crippen molar-refractivity contribution >= 4 is 60.4 Å². The average molecular weight is 585 g/mol. The van der Waals surface area contributed by atoms with Crippen molar-refractivity contribution in [3.05, 3.63) is 170 Å². The van der Waals surface area contributed by atoms with E-state index in [0.29, 0.717) is 0 Å². The number of anilines is 3. The van der Waals surface area contributed by atoms with Crippen molar-refractivity contribution in [3.63, 3.8) is 0 Å². The second kappa shape index (κ2) is 9.69. The van der Waals surface area contributed by atoms with E-state index in [9.17, 15) is 0 Å². The highest BCUT2D eigenvalue weighted by Crippen LogP contribution is 2.52. The van der Waals surface area contributed by atoms with Gasteiger partial charge in [-0.05, 0) is 111 Å². The molecule has 0 fully saturated rings. The van der Waals surface area contributed by atoms with Gasteiger partial charge in [0.05, 0.1) is 11.0 Å². The maximum Gasteiger partial charge on any atom is 0.0542 e. The molecule has 0 atom stereocenters. The zero-order valence-electron chi connectivity index (χ0n) is 25.1. The minimum absolute atomic E-state index is 1.13. The molecule has 1 heterocycles. The van der Waals surface area contributed by atoms with Crippen LogP contribution in [0, 0.1) is 0 Å². The second-order valence-electron chi connectivity index (χ2n) is 12.2. The van der Waals surface area contributed by atoms with E-state index in [2.05, 4.69) is 179 Å². The topological polar surface area (TPSA) is 8.17 Å². The second-order valence-corrected chi connectivity index (χ2v) is 12.2. The van der Waals surface area contributed by atoms with Crippen LogP contribution in [0.3, 0.4) is 0 Å². The van der Waals surface area contributed by atoms with Gasteiger partial charge in [0.15, 0.2) is 0 Å². The highest BCUT2D eigenvalue weighted by molar-refractivity contribution is 6.24. The van der Waals surface area contributed by atoms with Gasteiger partial charge in [-0.1, -0.05) is 103 Å². The fourth-order valence-corrected chi connectivity index (χ4v) is 7.72. The fraction of sp³-hybridized carbons (Fsp3) is 0. The molecule has 0 radical (unpaired) electrons. The Labute approximate surface area is 267 Å². The number of rotatable bonds is 4. The third-order valence-electron chi connectivity index (χ3n) is 9.65. The number of para-hydroxylation sites is 3. The molecule has 0 N–H and O–H groups in total. The molecule has 0 unspecified atom stereocenters. The van der Waals surface area contributed by atoms with Crippen LogP contribution in [0.4, 0.5) is 17.1 Å². The van der Waals surface area contributed by atoms with Crippen molar-refractivity contribution in [2.75, 3.05) is 4.90 Å². The van der Waals surface area contributed by atoms with E-state index in [1.54, 1.807) is 0 Å². The van der Waals surface area contributed by atoms with Crippen molar-refractivity contribution in [2.24, 2.45) is 0 Å².